The highest BCUT2D eigenvalue weighted by atomic mass is 79.9. The Morgan fingerprint density at radius 3 is 2.78 bits per heavy atom. The molecule has 0 aromatic heterocycles. The smallest absolute Gasteiger partial charge is 0.251 e. The van der Waals surface area contributed by atoms with Crippen molar-refractivity contribution >= 4 is 27.5 Å². The van der Waals surface area contributed by atoms with Gasteiger partial charge in [0.25, 0.3) is 5.91 Å². The quantitative estimate of drug-likeness (QED) is 0.823. The Morgan fingerprint density at radius 1 is 1.50 bits per heavy atom. The van der Waals surface area contributed by atoms with Crippen LogP contribution < -0.4 is 10.6 Å². The van der Waals surface area contributed by atoms with E-state index >= 15 is 0 Å². The zero-order valence-corrected chi connectivity index (χ0v) is 11.5. The Balaban J connectivity index is 2.20. The molecule has 0 saturated carbocycles. The van der Waals surface area contributed by atoms with Gasteiger partial charge in [0.15, 0.2) is 0 Å². The van der Waals surface area contributed by atoms with E-state index in [0.717, 1.165) is 28.7 Å². The number of amides is 1. The molecule has 1 aliphatic rings. The number of carbonyl (C=O) groups excluding carboxylic acids is 1. The van der Waals surface area contributed by atoms with Crippen molar-refractivity contribution in [1.29, 1.82) is 5.26 Å². The van der Waals surface area contributed by atoms with E-state index in [-0.39, 0.29) is 5.91 Å². The van der Waals surface area contributed by atoms with Crippen LogP contribution in [0.4, 0.5) is 5.69 Å². The summed E-state index contributed by atoms with van der Waals surface area (Å²) in [7, 11) is 0. The Labute approximate surface area is 114 Å². The lowest BCUT2D eigenvalue weighted by atomic mass is 10.0. The lowest BCUT2D eigenvalue weighted by molar-refractivity contribution is -0.112. The average Bonchev–Trinajstić information content (AvgIpc) is 2.29. The van der Waals surface area contributed by atoms with E-state index in [0.29, 0.717) is 11.3 Å². The molecular weight excluding hydrogens is 294 g/mol. The second kappa shape index (κ2) is 5.34. The van der Waals surface area contributed by atoms with E-state index in [9.17, 15) is 4.79 Å². The summed E-state index contributed by atoms with van der Waals surface area (Å²) in [5, 5.41) is 14.9. The van der Waals surface area contributed by atoms with E-state index in [2.05, 4.69) is 32.6 Å². The Kier molecular flexibility index (Phi) is 3.80. The number of nitrogens with one attached hydrogen (secondary N) is 2. The maximum absolute atomic E-state index is 12.0. The SMILES string of the molecule is CC(C(=O)Nc1ccc(Br)cc1C#N)=C1CNC1. The van der Waals surface area contributed by atoms with Crippen molar-refractivity contribution in [2.75, 3.05) is 18.4 Å². The first-order valence-electron chi connectivity index (χ1n) is 5.52. The van der Waals surface area contributed by atoms with Crippen molar-refractivity contribution in [3.63, 3.8) is 0 Å². The molecule has 1 heterocycles. The predicted molar refractivity (Wildman–Crippen MR) is 73.1 cm³/mol. The van der Waals surface area contributed by atoms with Crippen molar-refractivity contribution in [1.82, 2.24) is 5.32 Å². The molecule has 92 valence electrons. The van der Waals surface area contributed by atoms with Crippen molar-refractivity contribution in [3.8, 4) is 6.07 Å². The van der Waals surface area contributed by atoms with E-state index < -0.39 is 0 Å². The van der Waals surface area contributed by atoms with Gasteiger partial charge in [0.2, 0.25) is 0 Å². The van der Waals surface area contributed by atoms with Crippen LogP contribution >= 0.6 is 15.9 Å². The molecule has 2 rings (SSSR count). The molecule has 5 heteroatoms. The number of halogens is 1. The van der Waals surface area contributed by atoms with Crippen molar-refractivity contribution < 1.29 is 4.79 Å². The molecule has 1 aliphatic heterocycles. The van der Waals surface area contributed by atoms with Gasteiger partial charge in [0.1, 0.15) is 6.07 Å². The van der Waals surface area contributed by atoms with Gasteiger partial charge in [-0.2, -0.15) is 5.26 Å². The van der Waals surface area contributed by atoms with Crippen LogP contribution in [0.2, 0.25) is 0 Å². The molecule has 1 saturated heterocycles. The number of hydrogen-bond donors (Lipinski definition) is 2. The molecule has 1 aromatic carbocycles. The summed E-state index contributed by atoms with van der Waals surface area (Å²) < 4.78 is 0.815. The molecule has 0 bridgehead atoms. The van der Waals surface area contributed by atoms with Gasteiger partial charge in [-0.3, -0.25) is 4.79 Å². The number of benzene rings is 1. The zero-order chi connectivity index (χ0) is 13.1. The second-order valence-electron chi connectivity index (χ2n) is 4.09. The largest absolute Gasteiger partial charge is 0.321 e. The maximum atomic E-state index is 12.0. The fourth-order valence-electron chi connectivity index (χ4n) is 1.61. The van der Waals surface area contributed by atoms with Gasteiger partial charge < -0.3 is 10.6 Å². The third kappa shape index (κ3) is 2.61. The van der Waals surface area contributed by atoms with Crippen LogP contribution in [-0.4, -0.2) is 19.0 Å². The van der Waals surface area contributed by atoms with Gasteiger partial charge >= 0.3 is 0 Å². The summed E-state index contributed by atoms with van der Waals surface area (Å²) in [6, 6.07) is 7.26. The van der Waals surface area contributed by atoms with Gasteiger partial charge in [0, 0.05) is 23.1 Å². The minimum absolute atomic E-state index is 0.148. The van der Waals surface area contributed by atoms with E-state index in [4.69, 9.17) is 5.26 Å². The molecule has 0 unspecified atom stereocenters. The molecule has 1 fully saturated rings. The average molecular weight is 306 g/mol. The molecule has 2 N–H and O–H groups in total. The van der Waals surface area contributed by atoms with Crippen molar-refractivity contribution in [2.24, 2.45) is 0 Å². The van der Waals surface area contributed by atoms with Crippen LogP contribution in [0, 0.1) is 11.3 Å². The van der Waals surface area contributed by atoms with Crippen LogP contribution in [0.3, 0.4) is 0 Å². The van der Waals surface area contributed by atoms with Gasteiger partial charge in [-0.1, -0.05) is 15.9 Å². The Morgan fingerprint density at radius 2 is 2.22 bits per heavy atom. The fourth-order valence-corrected chi connectivity index (χ4v) is 1.97. The number of rotatable bonds is 2. The molecule has 0 spiro atoms. The third-order valence-corrected chi connectivity index (χ3v) is 3.39. The number of anilines is 1. The number of nitrogens with zero attached hydrogens (tertiary/aromatic N) is 1. The normalized spacial score (nSPS) is 13.5. The summed E-state index contributed by atoms with van der Waals surface area (Å²) in [5.41, 5.74) is 2.82. The van der Waals surface area contributed by atoms with E-state index in [1.54, 1.807) is 25.1 Å². The van der Waals surface area contributed by atoms with Crippen LogP contribution in [0.1, 0.15) is 12.5 Å². The summed E-state index contributed by atoms with van der Waals surface area (Å²) in [5.74, 6) is -0.148. The fraction of sp³-hybridized carbons (Fsp3) is 0.231. The summed E-state index contributed by atoms with van der Waals surface area (Å²) in [6.07, 6.45) is 0. The standard InChI is InChI=1S/C13H12BrN3O/c1-8(10-6-16-7-10)13(18)17-12-3-2-11(14)4-9(12)5-15/h2-4,16H,6-7H2,1H3,(H,17,18). The van der Waals surface area contributed by atoms with Crippen molar-refractivity contribution in [3.05, 3.63) is 39.4 Å². The molecule has 0 aliphatic carbocycles. The Hall–Kier alpha value is -1.64. The highest BCUT2D eigenvalue weighted by Gasteiger charge is 2.16. The predicted octanol–water partition coefficient (Wildman–Crippen LogP) is 2.18. The number of carbonyl (C=O) groups is 1. The molecule has 1 aromatic rings. The summed E-state index contributed by atoms with van der Waals surface area (Å²) in [4.78, 5) is 12.0. The highest BCUT2D eigenvalue weighted by molar-refractivity contribution is 9.10. The van der Waals surface area contributed by atoms with Crippen molar-refractivity contribution in [2.45, 2.75) is 6.92 Å². The number of nitriles is 1. The minimum atomic E-state index is -0.148. The van der Waals surface area contributed by atoms with Crippen LogP contribution in [0.25, 0.3) is 0 Å². The highest BCUT2D eigenvalue weighted by Crippen LogP contribution is 2.21. The molecular formula is C13H12BrN3O. The van der Waals surface area contributed by atoms with Crippen LogP contribution in [-0.2, 0) is 4.79 Å². The van der Waals surface area contributed by atoms with Gasteiger partial charge in [0.05, 0.1) is 11.3 Å². The molecule has 1 amide bonds. The third-order valence-electron chi connectivity index (χ3n) is 2.90. The molecule has 0 atom stereocenters. The first-order chi connectivity index (χ1) is 8.61. The second-order valence-corrected chi connectivity index (χ2v) is 5.00. The van der Waals surface area contributed by atoms with E-state index in [1.165, 1.54) is 0 Å². The van der Waals surface area contributed by atoms with Gasteiger partial charge in [-0.25, -0.2) is 0 Å². The molecule has 18 heavy (non-hydrogen) atoms. The Bertz CT molecular complexity index is 566. The van der Waals surface area contributed by atoms with Gasteiger partial charge in [-0.05, 0) is 30.7 Å². The van der Waals surface area contributed by atoms with Gasteiger partial charge in [-0.15, -0.1) is 0 Å². The van der Waals surface area contributed by atoms with Crippen LogP contribution in [0.5, 0.6) is 0 Å². The first kappa shape index (κ1) is 12.8. The van der Waals surface area contributed by atoms with E-state index in [1.807, 2.05) is 0 Å². The minimum Gasteiger partial charge on any atom is -0.321 e. The topological polar surface area (TPSA) is 64.9 Å². The van der Waals surface area contributed by atoms with Crippen LogP contribution in [0.15, 0.2) is 33.8 Å². The molecule has 4 nitrogen and oxygen atoms in total. The summed E-state index contributed by atoms with van der Waals surface area (Å²) >= 11 is 3.29. The zero-order valence-electron chi connectivity index (χ0n) is 9.88. The maximum Gasteiger partial charge on any atom is 0.251 e. The lowest BCUT2D eigenvalue weighted by Crippen LogP contribution is -2.36. The summed E-state index contributed by atoms with van der Waals surface area (Å²) in [6.45, 7) is 3.34. The number of hydrogen-bond acceptors (Lipinski definition) is 3. The first-order valence-corrected chi connectivity index (χ1v) is 6.31. The lowest BCUT2D eigenvalue weighted by Gasteiger charge is -2.21. The molecule has 0 radical (unpaired) electrons. The monoisotopic (exact) mass is 305 g/mol.